The molecule has 104 valence electrons. The van der Waals surface area contributed by atoms with Crippen molar-refractivity contribution in [3.05, 3.63) is 33.9 Å². The van der Waals surface area contributed by atoms with E-state index in [0.29, 0.717) is 15.7 Å². The first-order valence-corrected chi connectivity index (χ1v) is 6.54. The third-order valence-corrected chi connectivity index (χ3v) is 3.72. The number of benzene rings is 1. The molecule has 0 atom stereocenters. The lowest BCUT2D eigenvalue weighted by Gasteiger charge is -2.05. The van der Waals surface area contributed by atoms with Crippen LogP contribution in [0.25, 0.3) is 10.9 Å². The van der Waals surface area contributed by atoms with Crippen molar-refractivity contribution in [2.24, 2.45) is 7.05 Å². The van der Waals surface area contributed by atoms with Crippen LogP contribution in [0.5, 0.6) is 0 Å². The van der Waals surface area contributed by atoms with E-state index in [0.717, 1.165) is 10.9 Å². The van der Waals surface area contributed by atoms with E-state index in [4.69, 9.17) is 28.5 Å². The summed E-state index contributed by atoms with van der Waals surface area (Å²) < 4.78 is 6.22. The summed E-state index contributed by atoms with van der Waals surface area (Å²) in [5.41, 5.74) is 1.28. The molecule has 2 rings (SSSR count). The lowest BCUT2D eigenvalue weighted by molar-refractivity contribution is 0.0936. The van der Waals surface area contributed by atoms with Gasteiger partial charge < -0.3 is 14.6 Å². The number of hydrogen-bond donors (Lipinski definition) is 1. The summed E-state index contributed by atoms with van der Waals surface area (Å²) >= 11 is 12.1. The van der Waals surface area contributed by atoms with Gasteiger partial charge in [0.05, 0.1) is 16.6 Å². The standard InChI is InChI=1S/C13H11Cl2N3O2/c1-18-10-3-2-9(14)12(15)8(10)6-11(18)13(19)17-4-5-20-7-16/h2-3,6H,4-5H2,1H3,(H,17,19). The highest BCUT2D eigenvalue weighted by Gasteiger charge is 2.15. The molecule has 2 aromatic rings. The lowest BCUT2D eigenvalue weighted by atomic mass is 10.2. The van der Waals surface area contributed by atoms with E-state index in [9.17, 15) is 4.79 Å². The maximum Gasteiger partial charge on any atom is 0.286 e. The van der Waals surface area contributed by atoms with Gasteiger partial charge in [0.2, 0.25) is 0 Å². The predicted octanol–water partition coefficient (Wildman–Crippen LogP) is 2.71. The van der Waals surface area contributed by atoms with Gasteiger partial charge in [0.1, 0.15) is 12.3 Å². The monoisotopic (exact) mass is 311 g/mol. The number of ether oxygens (including phenoxy) is 1. The van der Waals surface area contributed by atoms with Gasteiger partial charge >= 0.3 is 0 Å². The lowest BCUT2D eigenvalue weighted by Crippen LogP contribution is -2.28. The van der Waals surface area contributed by atoms with Crippen molar-refractivity contribution in [2.45, 2.75) is 0 Å². The third-order valence-electron chi connectivity index (χ3n) is 2.90. The van der Waals surface area contributed by atoms with Crippen molar-refractivity contribution in [3.63, 3.8) is 0 Å². The van der Waals surface area contributed by atoms with Crippen molar-refractivity contribution in [1.29, 1.82) is 5.26 Å². The van der Waals surface area contributed by atoms with Gasteiger partial charge in [0, 0.05) is 18.0 Å². The molecule has 0 spiro atoms. The topological polar surface area (TPSA) is 67.1 Å². The number of nitrogens with one attached hydrogen (secondary N) is 1. The van der Waals surface area contributed by atoms with E-state index in [1.807, 2.05) is 0 Å². The van der Waals surface area contributed by atoms with Gasteiger partial charge in [-0.25, -0.2) is 0 Å². The van der Waals surface area contributed by atoms with Crippen molar-refractivity contribution in [1.82, 2.24) is 9.88 Å². The molecule has 7 heteroatoms. The van der Waals surface area contributed by atoms with Crippen molar-refractivity contribution >= 4 is 40.0 Å². The molecule has 1 aromatic heterocycles. The maximum absolute atomic E-state index is 12.0. The summed E-state index contributed by atoms with van der Waals surface area (Å²) in [5, 5.41) is 12.5. The molecule has 5 nitrogen and oxygen atoms in total. The normalized spacial score (nSPS) is 10.3. The molecule has 0 aliphatic carbocycles. The first-order valence-electron chi connectivity index (χ1n) is 5.78. The first-order chi connectivity index (χ1) is 9.56. The Hall–Kier alpha value is -1.90. The van der Waals surface area contributed by atoms with E-state index in [1.54, 1.807) is 29.8 Å². The smallest absolute Gasteiger partial charge is 0.286 e. The average molecular weight is 312 g/mol. The molecule has 1 aromatic carbocycles. The number of nitrogens with zero attached hydrogens (tertiary/aromatic N) is 2. The molecule has 0 unspecified atom stereocenters. The quantitative estimate of drug-likeness (QED) is 0.697. The van der Waals surface area contributed by atoms with Crippen LogP contribution in [0.3, 0.4) is 0 Å². The van der Waals surface area contributed by atoms with E-state index >= 15 is 0 Å². The molecule has 1 amide bonds. The molecule has 20 heavy (non-hydrogen) atoms. The van der Waals surface area contributed by atoms with Gasteiger partial charge in [-0.1, -0.05) is 23.2 Å². The molecule has 0 saturated heterocycles. The summed E-state index contributed by atoms with van der Waals surface area (Å²) in [7, 11) is 1.77. The number of carbonyl (C=O) groups excluding carboxylic acids is 1. The average Bonchev–Trinajstić information content (AvgIpc) is 2.77. The second kappa shape index (κ2) is 6.04. The highest BCUT2D eigenvalue weighted by atomic mass is 35.5. The number of carbonyl (C=O) groups is 1. The first kappa shape index (κ1) is 14.5. The molecular weight excluding hydrogens is 301 g/mol. The van der Waals surface area contributed by atoms with Crippen LogP contribution in [-0.2, 0) is 11.8 Å². The molecule has 1 heterocycles. The van der Waals surface area contributed by atoms with Crippen molar-refractivity contribution in [2.75, 3.05) is 13.2 Å². The van der Waals surface area contributed by atoms with Crippen LogP contribution in [-0.4, -0.2) is 23.6 Å². The fraction of sp³-hybridized carbons (Fsp3) is 0.231. The van der Waals surface area contributed by atoms with Crippen LogP contribution in [0, 0.1) is 11.5 Å². The molecule has 0 bridgehead atoms. The zero-order valence-corrected chi connectivity index (χ0v) is 12.1. The predicted molar refractivity (Wildman–Crippen MR) is 76.8 cm³/mol. The summed E-state index contributed by atoms with van der Waals surface area (Å²) in [4.78, 5) is 12.0. The Balaban J connectivity index is 2.27. The zero-order valence-electron chi connectivity index (χ0n) is 10.6. The Morgan fingerprint density at radius 3 is 2.95 bits per heavy atom. The maximum atomic E-state index is 12.0. The SMILES string of the molecule is Cn1c(C(=O)NCCOC#N)cc2c(Cl)c(Cl)ccc21. The molecule has 0 fully saturated rings. The van der Waals surface area contributed by atoms with Crippen LogP contribution in [0.4, 0.5) is 0 Å². The number of nitriles is 1. The van der Waals surface area contributed by atoms with Crippen LogP contribution >= 0.6 is 23.2 Å². The van der Waals surface area contributed by atoms with Gasteiger partial charge in [0.15, 0.2) is 0 Å². The van der Waals surface area contributed by atoms with E-state index in [2.05, 4.69) is 10.1 Å². The largest absolute Gasteiger partial charge is 0.426 e. The minimum Gasteiger partial charge on any atom is -0.426 e. The Labute approximate surface area is 125 Å². The number of aryl methyl sites for hydroxylation is 1. The number of amides is 1. The van der Waals surface area contributed by atoms with Crippen LogP contribution in [0.1, 0.15) is 10.5 Å². The number of halogens is 2. The number of aromatic nitrogens is 1. The van der Waals surface area contributed by atoms with E-state index in [-0.39, 0.29) is 19.1 Å². The fourth-order valence-electron chi connectivity index (χ4n) is 1.92. The van der Waals surface area contributed by atoms with Gasteiger partial charge in [-0.15, -0.1) is 0 Å². The van der Waals surface area contributed by atoms with Gasteiger partial charge in [-0.05, 0) is 18.2 Å². The van der Waals surface area contributed by atoms with Crippen LogP contribution in [0.2, 0.25) is 10.0 Å². The van der Waals surface area contributed by atoms with Gasteiger partial charge in [-0.2, -0.15) is 5.26 Å². The summed E-state index contributed by atoms with van der Waals surface area (Å²) in [5.74, 6) is -0.266. The molecule has 0 saturated carbocycles. The minimum atomic E-state index is -0.266. The van der Waals surface area contributed by atoms with Gasteiger partial charge in [0.25, 0.3) is 12.2 Å². The third kappa shape index (κ3) is 2.67. The fourth-order valence-corrected chi connectivity index (χ4v) is 2.30. The number of rotatable bonds is 4. The Bertz CT molecular complexity index is 704. The summed E-state index contributed by atoms with van der Waals surface area (Å²) in [6, 6.07) is 5.18. The second-order valence-electron chi connectivity index (χ2n) is 4.08. The molecule has 0 aliphatic heterocycles. The Morgan fingerprint density at radius 2 is 2.25 bits per heavy atom. The minimum absolute atomic E-state index is 0.138. The molecular formula is C13H11Cl2N3O2. The molecule has 1 N–H and O–H groups in total. The second-order valence-corrected chi connectivity index (χ2v) is 4.86. The van der Waals surface area contributed by atoms with Crippen molar-refractivity contribution < 1.29 is 9.53 Å². The molecule has 0 aliphatic rings. The summed E-state index contributed by atoms with van der Waals surface area (Å²) in [6.45, 7) is 0.390. The number of fused-ring (bicyclic) bond motifs is 1. The summed E-state index contributed by atoms with van der Waals surface area (Å²) in [6.07, 6.45) is 1.54. The van der Waals surface area contributed by atoms with Crippen molar-refractivity contribution in [3.8, 4) is 6.26 Å². The van der Waals surface area contributed by atoms with Crippen LogP contribution < -0.4 is 5.32 Å². The van der Waals surface area contributed by atoms with E-state index in [1.165, 1.54) is 6.26 Å². The van der Waals surface area contributed by atoms with Gasteiger partial charge in [-0.3, -0.25) is 4.79 Å². The zero-order chi connectivity index (χ0) is 14.7. The Morgan fingerprint density at radius 1 is 1.50 bits per heavy atom. The van der Waals surface area contributed by atoms with Crippen LogP contribution in [0.15, 0.2) is 18.2 Å². The number of hydrogen-bond acceptors (Lipinski definition) is 3. The molecule has 0 radical (unpaired) electrons. The Kier molecular flexibility index (Phi) is 4.38. The van der Waals surface area contributed by atoms with E-state index < -0.39 is 0 Å². The highest BCUT2D eigenvalue weighted by molar-refractivity contribution is 6.45. The highest BCUT2D eigenvalue weighted by Crippen LogP contribution is 2.32.